The third-order valence-electron chi connectivity index (χ3n) is 6.40. The third-order valence-corrected chi connectivity index (χ3v) is 6.40. The number of epoxide rings is 1. The number of alkyl halides is 2. The van der Waals surface area contributed by atoms with Gasteiger partial charge >= 0.3 is 0 Å². The quantitative estimate of drug-likeness (QED) is 0.308. The second kappa shape index (κ2) is 9.95. The van der Waals surface area contributed by atoms with Crippen molar-refractivity contribution < 1.29 is 17.9 Å². The number of hydrogen-bond acceptors (Lipinski definition) is 1. The molecule has 27 heavy (non-hydrogen) atoms. The fourth-order valence-electron chi connectivity index (χ4n) is 4.73. The van der Waals surface area contributed by atoms with Gasteiger partial charge in [-0.3, -0.25) is 0 Å². The Morgan fingerprint density at radius 2 is 1.74 bits per heavy atom. The monoisotopic (exact) mass is 382 g/mol. The molecule has 0 aromatic heterocycles. The van der Waals surface area contributed by atoms with Crippen LogP contribution in [-0.2, 0) is 11.2 Å². The van der Waals surface area contributed by atoms with Crippen LogP contribution in [0.2, 0.25) is 0 Å². The van der Waals surface area contributed by atoms with Crippen LogP contribution in [0.3, 0.4) is 0 Å². The number of halogens is 3. The molecule has 0 bridgehead atoms. The average molecular weight is 383 g/mol. The first kappa shape index (κ1) is 20.7. The van der Waals surface area contributed by atoms with Gasteiger partial charge in [0.15, 0.2) is 6.17 Å². The normalized spacial score (nSPS) is 26.1. The van der Waals surface area contributed by atoms with Crippen LogP contribution < -0.4 is 0 Å². The first-order valence-electron chi connectivity index (χ1n) is 10.8. The second-order valence-corrected chi connectivity index (χ2v) is 8.41. The molecule has 0 radical (unpaired) electrons. The lowest BCUT2D eigenvalue weighted by molar-refractivity contribution is 0.247. The minimum absolute atomic E-state index is 0.0782. The van der Waals surface area contributed by atoms with Crippen molar-refractivity contribution in [3.8, 4) is 0 Å². The van der Waals surface area contributed by atoms with Crippen molar-refractivity contribution in [3.63, 3.8) is 0 Å². The first-order valence-corrected chi connectivity index (χ1v) is 10.8. The molecule has 3 rings (SSSR count). The van der Waals surface area contributed by atoms with E-state index in [0.29, 0.717) is 24.2 Å². The van der Waals surface area contributed by atoms with Crippen LogP contribution in [0.25, 0.3) is 0 Å². The summed E-state index contributed by atoms with van der Waals surface area (Å²) >= 11 is 0. The van der Waals surface area contributed by atoms with Crippen molar-refractivity contribution in [1.29, 1.82) is 0 Å². The van der Waals surface area contributed by atoms with Crippen molar-refractivity contribution in [1.82, 2.24) is 0 Å². The Labute approximate surface area is 161 Å². The van der Waals surface area contributed by atoms with E-state index in [9.17, 15) is 13.2 Å². The van der Waals surface area contributed by atoms with Gasteiger partial charge < -0.3 is 4.74 Å². The van der Waals surface area contributed by atoms with Gasteiger partial charge in [-0.2, -0.15) is 0 Å². The zero-order chi connectivity index (χ0) is 19.2. The number of benzene rings is 1. The predicted molar refractivity (Wildman–Crippen MR) is 103 cm³/mol. The highest BCUT2D eigenvalue weighted by atomic mass is 19.2. The summed E-state index contributed by atoms with van der Waals surface area (Å²) in [6, 6.07) is 3.46. The summed E-state index contributed by atoms with van der Waals surface area (Å²) in [5, 5.41) is 0. The summed E-state index contributed by atoms with van der Waals surface area (Å²) in [4.78, 5) is 0. The highest BCUT2D eigenvalue weighted by Crippen LogP contribution is 2.37. The molecular formula is C23H33F3O. The van der Waals surface area contributed by atoms with Gasteiger partial charge in [0, 0.05) is 11.1 Å². The fraction of sp³-hybridized carbons (Fsp3) is 0.739. The van der Waals surface area contributed by atoms with Crippen LogP contribution in [0, 0.1) is 17.7 Å². The zero-order valence-corrected chi connectivity index (χ0v) is 16.5. The van der Waals surface area contributed by atoms with Crippen LogP contribution in [-0.4, -0.2) is 13.3 Å². The Morgan fingerprint density at radius 3 is 2.33 bits per heavy atom. The maximum absolute atomic E-state index is 14.7. The van der Waals surface area contributed by atoms with E-state index in [1.807, 2.05) is 0 Å². The molecule has 2 fully saturated rings. The second-order valence-electron chi connectivity index (χ2n) is 8.41. The third kappa shape index (κ3) is 5.49. The van der Waals surface area contributed by atoms with Crippen molar-refractivity contribution >= 4 is 0 Å². The minimum atomic E-state index is -1.88. The van der Waals surface area contributed by atoms with Crippen LogP contribution in [0.4, 0.5) is 13.2 Å². The van der Waals surface area contributed by atoms with Gasteiger partial charge in [0.25, 0.3) is 0 Å². The smallest absolute Gasteiger partial charge is 0.156 e. The van der Waals surface area contributed by atoms with Crippen molar-refractivity contribution in [3.05, 3.63) is 34.6 Å². The van der Waals surface area contributed by atoms with Crippen LogP contribution in [0.1, 0.15) is 93.7 Å². The van der Waals surface area contributed by atoms with E-state index in [2.05, 4.69) is 6.92 Å². The molecular weight excluding hydrogens is 349 g/mol. The van der Waals surface area contributed by atoms with Gasteiger partial charge in [-0.15, -0.1) is 0 Å². The lowest BCUT2D eigenvalue weighted by Gasteiger charge is -2.28. The summed E-state index contributed by atoms with van der Waals surface area (Å²) in [7, 11) is 0. The van der Waals surface area contributed by atoms with Gasteiger partial charge in [-0.25, -0.2) is 13.2 Å². The zero-order valence-electron chi connectivity index (χ0n) is 16.5. The number of unbranched alkanes of at least 4 members (excludes halogenated alkanes) is 1. The molecule has 0 spiro atoms. The van der Waals surface area contributed by atoms with Gasteiger partial charge in [0.05, 0.1) is 6.61 Å². The van der Waals surface area contributed by atoms with Crippen molar-refractivity contribution in [2.24, 2.45) is 11.8 Å². The summed E-state index contributed by atoms with van der Waals surface area (Å²) in [6.45, 7) is 1.54. The topological polar surface area (TPSA) is 12.5 Å². The molecule has 2 unspecified atom stereocenters. The Morgan fingerprint density at radius 1 is 1.07 bits per heavy atom. The summed E-state index contributed by atoms with van der Waals surface area (Å²) in [5.41, 5.74) is 0.910. The van der Waals surface area contributed by atoms with E-state index in [1.54, 1.807) is 12.1 Å². The van der Waals surface area contributed by atoms with E-state index >= 15 is 0 Å². The summed E-state index contributed by atoms with van der Waals surface area (Å²) in [5.74, 6) is 1.13. The van der Waals surface area contributed by atoms with Crippen LogP contribution in [0.15, 0.2) is 12.1 Å². The maximum Gasteiger partial charge on any atom is 0.156 e. The van der Waals surface area contributed by atoms with E-state index in [-0.39, 0.29) is 11.7 Å². The number of ether oxygens (including phenoxy) is 1. The summed E-state index contributed by atoms with van der Waals surface area (Å²) < 4.78 is 46.8. The largest absolute Gasteiger partial charge is 0.368 e. The minimum Gasteiger partial charge on any atom is -0.368 e. The van der Waals surface area contributed by atoms with E-state index in [0.717, 1.165) is 24.7 Å². The van der Waals surface area contributed by atoms with Crippen molar-refractivity contribution in [2.45, 2.75) is 83.4 Å². The highest BCUT2D eigenvalue weighted by molar-refractivity contribution is 5.38. The number of hydrogen-bond donors (Lipinski definition) is 0. The van der Waals surface area contributed by atoms with Crippen molar-refractivity contribution in [2.75, 3.05) is 13.3 Å². The molecule has 1 aromatic carbocycles. The molecule has 4 heteroatoms. The van der Waals surface area contributed by atoms with Crippen LogP contribution >= 0.6 is 0 Å². The van der Waals surface area contributed by atoms with Gasteiger partial charge in [-0.1, -0.05) is 70.4 Å². The molecule has 0 N–H and O–H groups in total. The lowest BCUT2D eigenvalue weighted by Crippen LogP contribution is -2.14. The molecule has 1 aliphatic carbocycles. The van der Waals surface area contributed by atoms with Gasteiger partial charge in [0.2, 0.25) is 0 Å². The SMILES string of the molecule is CCCC1CCC(CCCCc2ccc(C3CO3)c(F)c2C(F)CF)CC1. The standard InChI is InChI=1S/C23H33F3O/c1-2-5-16-8-10-17(11-9-16)6-3-4-7-18-12-13-19(21-15-27-21)23(26)22(18)20(25)14-24/h12-13,16-17,20-21H,2-11,14-15H2,1H3. The molecule has 1 nitrogen and oxygen atoms in total. The molecule has 2 atom stereocenters. The maximum atomic E-state index is 14.7. The Kier molecular flexibility index (Phi) is 7.63. The average Bonchev–Trinajstić information content (AvgIpc) is 3.51. The Balaban J connectivity index is 1.50. The Bertz CT molecular complexity index is 592. The predicted octanol–water partition coefficient (Wildman–Crippen LogP) is 7.20. The molecule has 1 aliphatic heterocycles. The molecule has 1 aromatic rings. The van der Waals surface area contributed by atoms with Gasteiger partial charge in [0.1, 0.15) is 18.6 Å². The van der Waals surface area contributed by atoms with E-state index in [1.165, 1.54) is 44.9 Å². The number of rotatable bonds is 10. The molecule has 1 heterocycles. The molecule has 0 amide bonds. The van der Waals surface area contributed by atoms with E-state index < -0.39 is 18.7 Å². The first-order chi connectivity index (χ1) is 13.1. The molecule has 1 saturated heterocycles. The fourth-order valence-corrected chi connectivity index (χ4v) is 4.73. The van der Waals surface area contributed by atoms with Crippen LogP contribution in [0.5, 0.6) is 0 Å². The van der Waals surface area contributed by atoms with E-state index in [4.69, 9.17) is 4.74 Å². The number of aryl methyl sites for hydroxylation is 1. The Hall–Kier alpha value is -1.03. The summed E-state index contributed by atoms with van der Waals surface area (Å²) in [6.07, 6.45) is 9.65. The molecule has 2 aliphatic rings. The molecule has 1 saturated carbocycles. The van der Waals surface area contributed by atoms with Gasteiger partial charge in [-0.05, 0) is 30.2 Å². The highest BCUT2D eigenvalue weighted by Gasteiger charge is 2.31. The lowest BCUT2D eigenvalue weighted by atomic mass is 9.78. The molecule has 152 valence electrons.